The lowest BCUT2D eigenvalue weighted by molar-refractivity contribution is -0.121. The number of hydrogen-bond donors (Lipinski definition) is 1. The smallest absolute Gasteiger partial charge is 0.262 e. The number of anilines is 1. The Bertz CT molecular complexity index is 1370. The lowest BCUT2D eigenvalue weighted by Crippen LogP contribution is -2.25. The van der Waals surface area contributed by atoms with Gasteiger partial charge in [-0.2, -0.15) is 10.1 Å². The number of nitrogens with zero attached hydrogens (tertiary/aromatic N) is 3. The second-order valence-electron chi connectivity index (χ2n) is 8.99. The number of aliphatic imine (C=N–C) groups is 1. The predicted octanol–water partition coefficient (Wildman–Crippen LogP) is 6.13. The highest BCUT2D eigenvalue weighted by Crippen LogP contribution is 2.38. The summed E-state index contributed by atoms with van der Waals surface area (Å²) in [5.41, 5.74) is 6.05. The van der Waals surface area contributed by atoms with Crippen LogP contribution in [0.3, 0.4) is 0 Å². The summed E-state index contributed by atoms with van der Waals surface area (Å²) >= 11 is 7.30. The number of hydrogen-bond acceptors (Lipinski definition) is 5. The molecule has 1 N–H and O–H groups in total. The number of hydrazone groups is 1. The maximum absolute atomic E-state index is 12.8. The molecule has 3 aromatic carbocycles. The molecule has 0 bridgehead atoms. The van der Waals surface area contributed by atoms with Crippen LogP contribution in [-0.4, -0.2) is 33.0 Å². The summed E-state index contributed by atoms with van der Waals surface area (Å²) in [7, 11) is 0. The first-order valence-electron chi connectivity index (χ1n) is 11.7. The maximum atomic E-state index is 12.8. The zero-order valence-electron chi connectivity index (χ0n) is 19.9. The molecule has 2 amide bonds. The highest BCUT2D eigenvalue weighted by molar-refractivity contribution is 8.15. The standard InChI is InChI=1S/C28H25ClN4O2S/c1-17-6-10-19(11-7-17)23-15-24(20-12-8-18(2)9-13-20)33(32-23)28-31-27(35)25(36-28)16-26(34)30-22-5-3-4-21(29)14-22/h3-14,24-25H,15-16H2,1-2H3,(H,30,34)/t24-,25-/m0/s1. The third-order valence-electron chi connectivity index (χ3n) is 6.16. The Morgan fingerprint density at radius 3 is 2.44 bits per heavy atom. The molecule has 2 aliphatic heterocycles. The van der Waals surface area contributed by atoms with Gasteiger partial charge in [-0.3, -0.25) is 9.59 Å². The number of amidine groups is 1. The normalized spacial score (nSPS) is 19.3. The quantitative estimate of drug-likeness (QED) is 0.442. The largest absolute Gasteiger partial charge is 0.326 e. The molecule has 0 aliphatic carbocycles. The van der Waals surface area contributed by atoms with Crippen molar-refractivity contribution >= 4 is 51.7 Å². The van der Waals surface area contributed by atoms with Crippen LogP contribution in [0.15, 0.2) is 82.9 Å². The van der Waals surface area contributed by atoms with Gasteiger partial charge in [0.25, 0.3) is 5.91 Å². The Labute approximate surface area is 219 Å². The van der Waals surface area contributed by atoms with E-state index in [2.05, 4.69) is 72.7 Å². The average Bonchev–Trinajstić information content (AvgIpc) is 3.44. The molecule has 8 heteroatoms. The number of amides is 2. The highest BCUT2D eigenvalue weighted by Gasteiger charge is 2.39. The van der Waals surface area contributed by atoms with E-state index in [1.165, 1.54) is 22.9 Å². The number of benzene rings is 3. The third kappa shape index (κ3) is 5.37. The van der Waals surface area contributed by atoms with Crippen molar-refractivity contribution in [2.24, 2.45) is 10.1 Å². The molecule has 0 spiro atoms. The number of rotatable bonds is 5. The van der Waals surface area contributed by atoms with Crippen LogP contribution in [0.5, 0.6) is 0 Å². The van der Waals surface area contributed by atoms with Gasteiger partial charge in [0.1, 0.15) is 5.25 Å². The second kappa shape index (κ2) is 10.3. The van der Waals surface area contributed by atoms with Gasteiger partial charge in [0, 0.05) is 23.6 Å². The van der Waals surface area contributed by atoms with Crippen molar-refractivity contribution in [3.05, 3.63) is 100 Å². The molecular formula is C28H25ClN4O2S. The third-order valence-corrected chi connectivity index (χ3v) is 7.54. The number of halogens is 1. The Morgan fingerprint density at radius 1 is 1.06 bits per heavy atom. The maximum Gasteiger partial charge on any atom is 0.262 e. The molecule has 2 aliphatic rings. The summed E-state index contributed by atoms with van der Waals surface area (Å²) in [5.74, 6) is -0.585. The summed E-state index contributed by atoms with van der Waals surface area (Å²) in [4.78, 5) is 29.7. The van der Waals surface area contributed by atoms with E-state index in [0.717, 1.165) is 16.8 Å². The van der Waals surface area contributed by atoms with Gasteiger partial charge in [0.15, 0.2) is 5.17 Å². The van der Waals surface area contributed by atoms with Gasteiger partial charge in [0.2, 0.25) is 5.91 Å². The van der Waals surface area contributed by atoms with Crippen LogP contribution in [0.2, 0.25) is 5.02 Å². The molecular weight excluding hydrogens is 492 g/mol. The first kappa shape index (κ1) is 24.3. The molecule has 0 fully saturated rings. The molecule has 36 heavy (non-hydrogen) atoms. The van der Waals surface area contributed by atoms with E-state index < -0.39 is 5.25 Å². The summed E-state index contributed by atoms with van der Waals surface area (Å²) in [6.07, 6.45) is 0.709. The van der Waals surface area contributed by atoms with E-state index in [0.29, 0.717) is 22.3 Å². The van der Waals surface area contributed by atoms with Crippen LogP contribution in [0.25, 0.3) is 0 Å². The van der Waals surface area contributed by atoms with E-state index in [1.807, 2.05) is 5.01 Å². The Morgan fingerprint density at radius 2 is 1.75 bits per heavy atom. The van der Waals surface area contributed by atoms with Gasteiger partial charge in [0.05, 0.1) is 11.8 Å². The molecule has 5 rings (SSSR count). The van der Waals surface area contributed by atoms with Crippen LogP contribution < -0.4 is 5.32 Å². The zero-order chi connectivity index (χ0) is 25.2. The molecule has 2 atom stereocenters. The van der Waals surface area contributed by atoms with Gasteiger partial charge in [-0.05, 0) is 43.2 Å². The minimum Gasteiger partial charge on any atom is -0.326 e. The first-order chi connectivity index (χ1) is 17.4. The molecule has 0 saturated carbocycles. The van der Waals surface area contributed by atoms with Crippen molar-refractivity contribution in [3.8, 4) is 0 Å². The van der Waals surface area contributed by atoms with Crippen molar-refractivity contribution in [2.45, 2.75) is 38.0 Å². The Hall–Kier alpha value is -3.42. The van der Waals surface area contributed by atoms with Crippen molar-refractivity contribution in [3.63, 3.8) is 0 Å². The van der Waals surface area contributed by atoms with Crippen molar-refractivity contribution in [1.29, 1.82) is 0 Å². The Kier molecular flexibility index (Phi) is 6.94. The SMILES string of the molecule is Cc1ccc(C2=NN(C3=NC(=O)[C@H](CC(=O)Nc4cccc(Cl)c4)S3)[C@H](c3ccc(C)cc3)C2)cc1. The fourth-order valence-corrected chi connectivity index (χ4v) is 5.46. The van der Waals surface area contributed by atoms with E-state index in [1.54, 1.807) is 24.3 Å². The molecule has 0 unspecified atom stereocenters. The van der Waals surface area contributed by atoms with Gasteiger partial charge in [-0.15, -0.1) is 0 Å². The molecule has 2 heterocycles. The molecule has 0 aromatic heterocycles. The zero-order valence-corrected chi connectivity index (χ0v) is 21.5. The Balaban J connectivity index is 1.35. The molecule has 0 radical (unpaired) electrons. The van der Waals surface area contributed by atoms with Crippen molar-refractivity contribution in [1.82, 2.24) is 5.01 Å². The summed E-state index contributed by atoms with van der Waals surface area (Å²) in [6.45, 7) is 4.11. The van der Waals surface area contributed by atoms with E-state index >= 15 is 0 Å². The number of carbonyl (C=O) groups is 2. The van der Waals surface area contributed by atoms with E-state index in [4.69, 9.17) is 16.7 Å². The van der Waals surface area contributed by atoms with Gasteiger partial charge >= 0.3 is 0 Å². The van der Waals surface area contributed by atoms with E-state index in [9.17, 15) is 9.59 Å². The van der Waals surface area contributed by atoms with E-state index in [-0.39, 0.29) is 24.3 Å². The summed E-state index contributed by atoms with van der Waals surface area (Å²) < 4.78 is 0. The van der Waals surface area contributed by atoms with Crippen LogP contribution in [0.1, 0.15) is 41.1 Å². The van der Waals surface area contributed by atoms with Crippen LogP contribution >= 0.6 is 23.4 Å². The van der Waals surface area contributed by atoms with Crippen molar-refractivity contribution < 1.29 is 9.59 Å². The van der Waals surface area contributed by atoms with Gasteiger partial charge in [-0.25, -0.2) is 5.01 Å². The second-order valence-corrected chi connectivity index (χ2v) is 10.6. The summed E-state index contributed by atoms with van der Waals surface area (Å²) in [6, 6.07) is 23.5. The van der Waals surface area contributed by atoms with Crippen molar-refractivity contribution in [2.75, 3.05) is 5.32 Å². The fraction of sp³-hybridized carbons (Fsp3) is 0.214. The minimum absolute atomic E-state index is 0.0145. The molecule has 182 valence electrons. The number of thioether (sulfide) groups is 1. The summed E-state index contributed by atoms with van der Waals surface area (Å²) in [5, 5.41) is 10.0. The minimum atomic E-state index is -0.600. The van der Waals surface area contributed by atoms with Gasteiger partial charge in [-0.1, -0.05) is 89.1 Å². The number of carbonyl (C=O) groups excluding carboxylic acids is 2. The monoisotopic (exact) mass is 516 g/mol. The van der Waals surface area contributed by atoms with Crippen LogP contribution in [-0.2, 0) is 9.59 Å². The molecule has 0 saturated heterocycles. The fourth-order valence-electron chi connectivity index (χ4n) is 4.21. The topological polar surface area (TPSA) is 74.1 Å². The average molecular weight is 517 g/mol. The van der Waals surface area contributed by atoms with Crippen LogP contribution in [0.4, 0.5) is 5.69 Å². The lowest BCUT2D eigenvalue weighted by atomic mass is 9.97. The predicted molar refractivity (Wildman–Crippen MR) is 147 cm³/mol. The molecule has 3 aromatic rings. The van der Waals surface area contributed by atoms with Crippen LogP contribution in [0, 0.1) is 13.8 Å². The lowest BCUT2D eigenvalue weighted by Gasteiger charge is -2.23. The van der Waals surface area contributed by atoms with Gasteiger partial charge < -0.3 is 5.32 Å². The first-order valence-corrected chi connectivity index (χ1v) is 13.0. The number of aryl methyl sites for hydroxylation is 2. The highest BCUT2D eigenvalue weighted by atomic mass is 35.5. The molecule has 6 nitrogen and oxygen atoms in total. The number of nitrogens with one attached hydrogen (secondary N) is 1.